The van der Waals surface area contributed by atoms with E-state index >= 15 is 4.39 Å². The van der Waals surface area contributed by atoms with Gasteiger partial charge in [-0.1, -0.05) is 36.4 Å². The molecule has 4 aromatic rings. The highest BCUT2D eigenvalue weighted by Gasteiger charge is 2.46. The lowest BCUT2D eigenvalue weighted by Crippen LogP contribution is -2.57. The number of carbonyl (C=O) groups is 1. The van der Waals surface area contributed by atoms with Crippen molar-refractivity contribution in [3.63, 3.8) is 0 Å². The van der Waals surface area contributed by atoms with Gasteiger partial charge in [0.2, 0.25) is 0 Å². The molecule has 2 atom stereocenters. The lowest BCUT2D eigenvalue weighted by Gasteiger charge is -2.42. The van der Waals surface area contributed by atoms with Crippen LogP contribution in [0, 0.1) is 5.82 Å². The maximum absolute atomic E-state index is 17.1. The summed E-state index contributed by atoms with van der Waals surface area (Å²) in [4.78, 5) is 34.5. The van der Waals surface area contributed by atoms with Gasteiger partial charge < -0.3 is 14.4 Å². The summed E-state index contributed by atoms with van der Waals surface area (Å²) in [7, 11) is 0. The van der Waals surface area contributed by atoms with Gasteiger partial charge in [-0.2, -0.15) is 9.97 Å². The summed E-state index contributed by atoms with van der Waals surface area (Å²) in [6.45, 7) is 9.50. The Morgan fingerprint density at radius 3 is 2.39 bits per heavy atom. The molecule has 9 rings (SSSR count). The number of hydrogen-bond acceptors (Lipinski definition) is 8. The Hall–Kier alpha value is -4.05. The van der Waals surface area contributed by atoms with Gasteiger partial charge in [0.1, 0.15) is 29.2 Å². The second kappa shape index (κ2) is 11.5. The minimum Gasteiger partial charge on any atom is -0.461 e. The van der Waals surface area contributed by atoms with Crippen LogP contribution in [0.25, 0.3) is 32.9 Å². The molecule has 2 bridgehead atoms. The summed E-state index contributed by atoms with van der Waals surface area (Å²) in [6, 6.07) is 12.6. The zero-order valence-corrected chi connectivity index (χ0v) is 28.8. The highest BCUT2D eigenvalue weighted by atomic mass is 19.1. The lowest BCUT2D eigenvalue weighted by atomic mass is 9.94. The van der Waals surface area contributed by atoms with E-state index in [1.54, 1.807) is 6.20 Å². The fourth-order valence-electron chi connectivity index (χ4n) is 9.17. The first-order valence-electron chi connectivity index (χ1n) is 18.2. The first-order valence-corrected chi connectivity index (χ1v) is 18.2. The molecule has 1 saturated carbocycles. The number of anilines is 1. The third kappa shape index (κ3) is 5.38. The number of carbonyl (C=O) groups excluding carboxylic acids is 1. The average Bonchev–Trinajstić information content (AvgIpc) is 3.64. The van der Waals surface area contributed by atoms with Gasteiger partial charge in [-0.3, -0.25) is 14.8 Å². The topological polar surface area (TPSA) is 83.9 Å². The van der Waals surface area contributed by atoms with Crippen LogP contribution in [0.3, 0.4) is 0 Å². The number of ether oxygens (including phenoxy) is 2. The van der Waals surface area contributed by atoms with Crippen LogP contribution in [0.1, 0.15) is 83.6 Å². The van der Waals surface area contributed by atoms with Crippen LogP contribution in [0.15, 0.2) is 42.6 Å². The predicted octanol–water partition coefficient (Wildman–Crippen LogP) is 7.46. The van der Waals surface area contributed by atoms with Crippen molar-refractivity contribution in [3.05, 3.63) is 54.0 Å². The number of hydrogen-bond donors (Lipinski definition) is 0. The molecule has 2 aromatic heterocycles. The van der Waals surface area contributed by atoms with Gasteiger partial charge >= 0.3 is 12.1 Å². The molecular weight excluding hydrogens is 619 g/mol. The van der Waals surface area contributed by atoms with Crippen LogP contribution in [-0.4, -0.2) is 86.9 Å². The van der Waals surface area contributed by atoms with E-state index in [0.717, 1.165) is 80.8 Å². The van der Waals surface area contributed by atoms with E-state index in [0.29, 0.717) is 42.5 Å². The molecular formula is C39H45FN6O3. The van der Waals surface area contributed by atoms with Crippen molar-refractivity contribution in [2.24, 2.45) is 0 Å². The lowest BCUT2D eigenvalue weighted by molar-refractivity contribution is 0.0122. The minimum absolute atomic E-state index is 0.000738. The number of halogens is 1. The number of amides is 1. The fraction of sp³-hybridized carbons (Fsp3) is 0.538. The number of aromatic nitrogens is 3. The number of fused-ring (bicyclic) bond motifs is 5. The number of nitrogens with zero attached hydrogens (tertiary/aromatic N) is 6. The monoisotopic (exact) mass is 664 g/mol. The van der Waals surface area contributed by atoms with E-state index in [1.807, 2.05) is 37.8 Å². The molecule has 49 heavy (non-hydrogen) atoms. The fourth-order valence-corrected chi connectivity index (χ4v) is 9.17. The van der Waals surface area contributed by atoms with Gasteiger partial charge in [0.25, 0.3) is 0 Å². The quantitative estimate of drug-likeness (QED) is 0.210. The van der Waals surface area contributed by atoms with Crippen molar-refractivity contribution in [1.29, 1.82) is 0 Å². The van der Waals surface area contributed by atoms with E-state index in [1.165, 1.54) is 5.56 Å². The Balaban J connectivity index is 1.13. The van der Waals surface area contributed by atoms with Crippen molar-refractivity contribution in [1.82, 2.24) is 24.8 Å². The molecule has 6 heterocycles. The standard InChI is InChI=1S/C39H45FN6O3/c1-38(2,3)49-37(47)46-26-14-15-27(46)22-44(21-26)35-30-20-41-33(29-11-5-9-25-8-4-10-28(31(25)29)24-12-13-24)32(40)34(30)42-36(43-35)48-23-39-16-6-18-45(39)19-7-17-39/h4-5,8-11,20,24,26-27H,6-7,12-19,21-23H2,1-3H3. The van der Waals surface area contributed by atoms with Gasteiger partial charge in [0.05, 0.1) is 23.0 Å². The Kier molecular flexibility index (Phi) is 7.27. The Morgan fingerprint density at radius 1 is 0.980 bits per heavy atom. The molecule has 9 nitrogen and oxygen atoms in total. The summed E-state index contributed by atoms with van der Waals surface area (Å²) >= 11 is 0. The van der Waals surface area contributed by atoms with Crippen molar-refractivity contribution >= 4 is 33.6 Å². The molecule has 0 N–H and O–H groups in total. The van der Waals surface area contributed by atoms with Crippen molar-refractivity contribution in [2.75, 3.05) is 37.7 Å². The number of piperazine rings is 1. The van der Waals surface area contributed by atoms with Gasteiger partial charge in [-0.15, -0.1) is 0 Å². The molecule has 1 aliphatic carbocycles. The molecule has 0 spiro atoms. The number of pyridine rings is 1. The molecule has 2 aromatic carbocycles. The Bertz CT molecular complexity index is 1930. The van der Waals surface area contributed by atoms with E-state index in [-0.39, 0.29) is 35.2 Å². The zero-order chi connectivity index (χ0) is 33.5. The molecule has 0 radical (unpaired) electrons. The molecule has 1 amide bonds. The zero-order valence-electron chi connectivity index (χ0n) is 28.8. The summed E-state index contributed by atoms with van der Waals surface area (Å²) in [6.07, 6.45) is 10.0. The second-order valence-electron chi connectivity index (χ2n) is 15.9. The molecule has 2 unspecified atom stereocenters. The third-order valence-electron chi connectivity index (χ3n) is 11.5. The van der Waals surface area contributed by atoms with Crippen LogP contribution >= 0.6 is 0 Å². The average molecular weight is 665 g/mol. The van der Waals surface area contributed by atoms with E-state index < -0.39 is 11.4 Å². The van der Waals surface area contributed by atoms with Crippen LogP contribution in [0.4, 0.5) is 15.0 Å². The Morgan fingerprint density at radius 2 is 1.69 bits per heavy atom. The summed E-state index contributed by atoms with van der Waals surface area (Å²) < 4.78 is 29.4. The molecule has 5 aliphatic rings. The number of benzene rings is 2. The van der Waals surface area contributed by atoms with Crippen molar-refractivity contribution in [3.8, 4) is 17.3 Å². The number of rotatable bonds is 6. The van der Waals surface area contributed by atoms with E-state index in [9.17, 15) is 4.79 Å². The van der Waals surface area contributed by atoms with E-state index in [2.05, 4.69) is 34.1 Å². The SMILES string of the molecule is CC(C)(C)OC(=O)N1C2CCC1CN(c1nc(OCC34CCCN3CCC4)nc3c(F)c(-c4cccc5cccc(C6CC6)c45)ncc13)C2. The normalized spacial score (nSPS) is 23.4. The van der Waals surface area contributed by atoms with Crippen molar-refractivity contribution < 1.29 is 18.7 Å². The maximum Gasteiger partial charge on any atom is 0.410 e. The molecule has 10 heteroatoms. The van der Waals surface area contributed by atoms with E-state index in [4.69, 9.17) is 24.4 Å². The van der Waals surface area contributed by atoms with Crippen LogP contribution in [0.2, 0.25) is 0 Å². The molecule has 5 fully saturated rings. The van der Waals surface area contributed by atoms with Crippen LogP contribution in [-0.2, 0) is 4.74 Å². The summed E-state index contributed by atoms with van der Waals surface area (Å²) in [5.41, 5.74) is 2.00. The van der Waals surface area contributed by atoms with Crippen molar-refractivity contribution in [2.45, 2.75) is 101 Å². The smallest absolute Gasteiger partial charge is 0.410 e. The molecule has 256 valence electrons. The van der Waals surface area contributed by atoms with Gasteiger partial charge in [0, 0.05) is 24.8 Å². The second-order valence-corrected chi connectivity index (χ2v) is 15.9. The van der Waals surface area contributed by atoms with Gasteiger partial charge in [-0.25, -0.2) is 9.18 Å². The van der Waals surface area contributed by atoms with Crippen LogP contribution in [0.5, 0.6) is 6.01 Å². The Labute approximate surface area is 286 Å². The predicted molar refractivity (Wildman–Crippen MR) is 188 cm³/mol. The highest BCUT2D eigenvalue weighted by molar-refractivity contribution is 6.01. The summed E-state index contributed by atoms with van der Waals surface area (Å²) in [5, 5.41) is 2.72. The summed E-state index contributed by atoms with van der Waals surface area (Å²) in [5.74, 6) is 0.658. The van der Waals surface area contributed by atoms with Gasteiger partial charge in [0.15, 0.2) is 5.82 Å². The maximum atomic E-state index is 17.1. The first-order chi connectivity index (χ1) is 23.7. The largest absolute Gasteiger partial charge is 0.461 e. The minimum atomic E-state index is -0.569. The third-order valence-corrected chi connectivity index (χ3v) is 11.5. The molecule has 4 saturated heterocycles. The highest BCUT2D eigenvalue weighted by Crippen LogP contribution is 2.46. The van der Waals surface area contributed by atoms with Gasteiger partial charge in [-0.05, 0) is 107 Å². The molecule has 4 aliphatic heterocycles. The first kappa shape index (κ1) is 31.0. The van der Waals surface area contributed by atoms with Crippen LogP contribution < -0.4 is 9.64 Å².